The number of hydrogen-bond acceptors (Lipinski definition) is 6. The van der Waals surface area contributed by atoms with Crippen molar-refractivity contribution in [1.82, 2.24) is 15.0 Å². The van der Waals surface area contributed by atoms with E-state index in [2.05, 4.69) is 44.1 Å². The number of hydrogen-bond donors (Lipinski definition) is 1. The average molecular weight is 368 g/mol. The second kappa shape index (κ2) is 8.05. The molecule has 1 aromatic carbocycles. The van der Waals surface area contributed by atoms with Crippen LogP contribution in [0.4, 0.5) is 5.82 Å². The van der Waals surface area contributed by atoms with Gasteiger partial charge in [-0.05, 0) is 25.3 Å². The van der Waals surface area contributed by atoms with E-state index in [0.29, 0.717) is 16.4 Å². The zero-order valence-electron chi connectivity index (χ0n) is 14.7. The van der Waals surface area contributed by atoms with Crippen LogP contribution in [0.3, 0.4) is 0 Å². The molecular formula is C19H20N4O2S. The molecule has 1 N–H and O–H groups in total. The van der Waals surface area contributed by atoms with E-state index in [0.717, 1.165) is 36.5 Å². The average Bonchev–Trinajstić information content (AvgIpc) is 3.05. The van der Waals surface area contributed by atoms with E-state index in [9.17, 15) is 9.90 Å². The molecule has 2 heterocycles. The molecule has 0 atom stereocenters. The van der Waals surface area contributed by atoms with Crippen molar-refractivity contribution in [1.29, 1.82) is 0 Å². The first-order chi connectivity index (χ1) is 12.5. The second-order valence-corrected chi connectivity index (χ2v) is 7.01. The van der Waals surface area contributed by atoms with Crippen LogP contribution in [0.2, 0.25) is 0 Å². The van der Waals surface area contributed by atoms with Crippen molar-refractivity contribution in [3.8, 4) is 10.7 Å². The second-order valence-electron chi connectivity index (χ2n) is 6.01. The predicted octanol–water partition coefficient (Wildman–Crippen LogP) is 3.68. The highest BCUT2D eigenvalue weighted by molar-refractivity contribution is 7.17. The SMILES string of the molecule is Cc1nc(-c2cncc(N(C)CCCc3ccccc3)n2)sc1C(=O)O. The van der Waals surface area contributed by atoms with Gasteiger partial charge in [0.25, 0.3) is 0 Å². The van der Waals surface area contributed by atoms with E-state index >= 15 is 0 Å². The van der Waals surface area contributed by atoms with Crippen LogP contribution in [0.5, 0.6) is 0 Å². The minimum Gasteiger partial charge on any atom is -0.477 e. The Hall–Kier alpha value is -2.80. The number of aryl methyl sites for hydroxylation is 2. The normalized spacial score (nSPS) is 10.7. The van der Waals surface area contributed by atoms with Crippen molar-refractivity contribution >= 4 is 23.1 Å². The van der Waals surface area contributed by atoms with E-state index < -0.39 is 5.97 Å². The molecule has 6 nitrogen and oxygen atoms in total. The Morgan fingerprint density at radius 2 is 1.96 bits per heavy atom. The fourth-order valence-electron chi connectivity index (χ4n) is 2.63. The summed E-state index contributed by atoms with van der Waals surface area (Å²) < 4.78 is 0. The number of thiazole rings is 1. The van der Waals surface area contributed by atoms with Gasteiger partial charge in [0.2, 0.25) is 0 Å². The molecular weight excluding hydrogens is 348 g/mol. The van der Waals surface area contributed by atoms with Gasteiger partial charge in [-0.25, -0.2) is 14.8 Å². The van der Waals surface area contributed by atoms with Gasteiger partial charge in [-0.15, -0.1) is 11.3 Å². The lowest BCUT2D eigenvalue weighted by Crippen LogP contribution is -2.20. The third kappa shape index (κ3) is 4.23. The first-order valence-corrected chi connectivity index (χ1v) is 9.14. The number of benzene rings is 1. The molecule has 0 saturated carbocycles. The van der Waals surface area contributed by atoms with Crippen LogP contribution in [0.1, 0.15) is 27.3 Å². The quantitative estimate of drug-likeness (QED) is 0.685. The van der Waals surface area contributed by atoms with E-state index in [1.165, 1.54) is 5.56 Å². The number of aromatic carboxylic acids is 1. The summed E-state index contributed by atoms with van der Waals surface area (Å²) in [5.74, 6) is -0.214. The summed E-state index contributed by atoms with van der Waals surface area (Å²) in [4.78, 5) is 26.7. The molecule has 0 saturated heterocycles. The van der Waals surface area contributed by atoms with E-state index in [4.69, 9.17) is 0 Å². The maximum Gasteiger partial charge on any atom is 0.347 e. The molecule has 0 aliphatic heterocycles. The molecule has 0 amide bonds. The van der Waals surface area contributed by atoms with Crippen LogP contribution >= 0.6 is 11.3 Å². The Bertz CT molecular complexity index is 896. The van der Waals surface area contributed by atoms with Gasteiger partial charge in [0.15, 0.2) is 0 Å². The fourth-order valence-corrected chi connectivity index (χ4v) is 3.49. The molecule has 2 aromatic heterocycles. The summed E-state index contributed by atoms with van der Waals surface area (Å²) >= 11 is 1.12. The molecule has 0 radical (unpaired) electrons. The number of carboxylic acids is 1. The van der Waals surface area contributed by atoms with Crippen molar-refractivity contribution in [2.45, 2.75) is 19.8 Å². The largest absolute Gasteiger partial charge is 0.477 e. The van der Waals surface area contributed by atoms with Crippen LogP contribution < -0.4 is 4.90 Å². The third-order valence-corrected chi connectivity index (χ3v) is 5.19. The predicted molar refractivity (Wildman–Crippen MR) is 103 cm³/mol. The topological polar surface area (TPSA) is 79.2 Å². The Kier molecular flexibility index (Phi) is 5.58. The zero-order chi connectivity index (χ0) is 18.5. The Labute approximate surface area is 156 Å². The molecule has 0 spiro atoms. The lowest BCUT2D eigenvalue weighted by Gasteiger charge is -2.18. The van der Waals surface area contributed by atoms with Gasteiger partial charge in [-0.3, -0.25) is 4.98 Å². The molecule has 0 fully saturated rings. The summed E-state index contributed by atoms with van der Waals surface area (Å²) in [7, 11) is 1.98. The van der Waals surface area contributed by atoms with Crippen molar-refractivity contribution in [3.63, 3.8) is 0 Å². The summed E-state index contributed by atoms with van der Waals surface area (Å²) in [6, 6.07) is 10.4. The molecule has 0 aliphatic carbocycles. The lowest BCUT2D eigenvalue weighted by molar-refractivity contribution is 0.0701. The number of nitrogens with zero attached hydrogens (tertiary/aromatic N) is 4. The minimum atomic E-state index is -0.964. The first-order valence-electron chi connectivity index (χ1n) is 8.33. The lowest BCUT2D eigenvalue weighted by atomic mass is 10.1. The van der Waals surface area contributed by atoms with Gasteiger partial charge in [0.05, 0.1) is 18.1 Å². The highest BCUT2D eigenvalue weighted by atomic mass is 32.1. The number of aromatic nitrogens is 3. The molecule has 26 heavy (non-hydrogen) atoms. The summed E-state index contributed by atoms with van der Waals surface area (Å²) in [6.45, 7) is 2.54. The van der Waals surface area contributed by atoms with Gasteiger partial charge in [0.1, 0.15) is 21.4 Å². The van der Waals surface area contributed by atoms with Crippen LogP contribution in [0, 0.1) is 6.92 Å². The standard InChI is InChI=1S/C19H20N4O2S/c1-13-17(19(24)25)26-18(21-13)15-11-20-12-16(22-15)23(2)10-6-9-14-7-4-3-5-8-14/h3-5,7-8,11-12H,6,9-10H2,1-2H3,(H,24,25). The fraction of sp³-hybridized carbons (Fsp3) is 0.263. The monoisotopic (exact) mass is 368 g/mol. The third-order valence-electron chi connectivity index (χ3n) is 4.02. The van der Waals surface area contributed by atoms with Gasteiger partial charge in [0, 0.05) is 13.6 Å². The van der Waals surface area contributed by atoms with Gasteiger partial charge >= 0.3 is 5.97 Å². The van der Waals surface area contributed by atoms with Crippen molar-refractivity contribution in [3.05, 3.63) is 58.9 Å². The number of carbonyl (C=O) groups is 1. The van der Waals surface area contributed by atoms with E-state index in [-0.39, 0.29) is 4.88 Å². The number of carboxylic acid groups (broad SMARTS) is 1. The number of rotatable bonds is 7. The highest BCUT2D eigenvalue weighted by Gasteiger charge is 2.16. The molecule has 0 aliphatic rings. The van der Waals surface area contributed by atoms with E-state index in [1.807, 2.05) is 13.1 Å². The van der Waals surface area contributed by atoms with Crippen molar-refractivity contribution in [2.24, 2.45) is 0 Å². The van der Waals surface area contributed by atoms with Gasteiger partial charge < -0.3 is 10.0 Å². The van der Waals surface area contributed by atoms with Crippen molar-refractivity contribution in [2.75, 3.05) is 18.5 Å². The smallest absolute Gasteiger partial charge is 0.347 e. The summed E-state index contributed by atoms with van der Waals surface area (Å²) in [5.41, 5.74) is 2.42. The highest BCUT2D eigenvalue weighted by Crippen LogP contribution is 2.27. The van der Waals surface area contributed by atoms with Gasteiger partial charge in [-0.2, -0.15) is 0 Å². The Morgan fingerprint density at radius 1 is 1.19 bits per heavy atom. The van der Waals surface area contributed by atoms with Crippen LogP contribution in [-0.2, 0) is 6.42 Å². The molecule has 3 aromatic rings. The van der Waals surface area contributed by atoms with Crippen LogP contribution in [-0.4, -0.2) is 39.6 Å². The zero-order valence-corrected chi connectivity index (χ0v) is 15.5. The van der Waals surface area contributed by atoms with Crippen LogP contribution in [0.25, 0.3) is 10.7 Å². The number of anilines is 1. The van der Waals surface area contributed by atoms with Gasteiger partial charge in [-0.1, -0.05) is 30.3 Å². The minimum absolute atomic E-state index is 0.239. The molecule has 7 heteroatoms. The Balaban J connectivity index is 1.68. The maximum atomic E-state index is 11.2. The molecule has 0 bridgehead atoms. The molecule has 0 unspecified atom stereocenters. The maximum absolute atomic E-state index is 11.2. The summed E-state index contributed by atoms with van der Waals surface area (Å²) in [6.07, 6.45) is 5.34. The van der Waals surface area contributed by atoms with Crippen molar-refractivity contribution < 1.29 is 9.90 Å². The van der Waals surface area contributed by atoms with Crippen LogP contribution in [0.15, 0.2) is 42.7 Å². The molecule has 3 rings (SSSR count). The molecule has 134 valence electrons. The Morgan fingerprint density at radius 3 is 2.65 bits per heavy atom. The van der Waals surface area contributed by atoms with E-state index in [1.54, 1.807) is 19.3 Å². The first kappa shape index (κ1) is 18.0. The summed E-state index contributed by atoms with van der Waals surface area (Å²) in [5, 5.41) is 9.76.